The minimum atomic E-state index is -0.407. The van der Waals surface area contributed by atoms with Gasteiger partial charge < -0.3 is 10.2 Å². The molecule has 0 saturated heterocycles. The lowest BCUT2D eigenvalue weighted by molar-refractivity contribution is -0.131. The van der Waals surface area contributed by atoms with E-state index in [-0.39, 0.29) is 24.1 Å². The second-order valence-corrected chi connectivity index (χ2v) is 7.34. The predicted molar refractivity (Wildman–Crippen MR) is 110 cm³/mol. The average Bonchev–Trinajstić information content (AvgIpc) is 3.17. The number of H-pyrrole nitrogens is 1. The van der Waals surface area contributed by atoms with Crippen molar-refractivity contribution >= 4 is 29.3 Å². The minimum absolute atomic E-state index is 0.0584. The molecule has 0 aliphatic heterocycles. The van der Waals surface area contributed by atoms with Gasteiger partial charge in [0.1, 0.15) is 5.82 Å². The van der Waals surface area contributed by atoms with E-state index in [4.69, 9.17) is 0 Å². The molecule has 0 fully saturated rings. The Morgan fingerprint density at radius 3 is 2.62 bits per heavy atom. The predicted octanol–water partition coefficient (Wildman–Crippen LogP) is 3.11. The number of likely N-dealkylation sites (N-methyl/N-ethyl adjacent to an activating group) is 1. The third kappa shape index (κ3) is 5.64. The van der Waals surface area contributed by atoms with E-state index in [0.717, 1.165) is 17.3 Å². The number of aromatic nitrogens is 3. The van der Waals surface area contributed by atoms with Crippen LogP contribution in [0.2, 0.25) is 0 Å². The summed E-state index contributed by atoms with van der Waals surface area (Å²) < 4.78 is 13.8. The highest BCUT2D eigenvalue weighted by Gasteiger charge is 2.16. The number of halogens is 1. The Hall–Kier alpha value is -3.20. The summed E-state index contributed by atoms with van der Waals surface area (Å²) >= 11 is 1.11. The third-order valence-corrected chi connectivity index (χ3v) is 4.89. The number of anilines is 1. The highest BCUT2D eigenvalue weighted by Crippen LogP contribution is 2.21. The molecule has 0 saturated carbocycles. The van der Waals surface area contributed by atoms with Gasteiger partial charge in [-0.25, -0.2) is 9.37 Å². The van der Waals surface area contributed by atoms with Crippen LogP contribution in [0.1, 0.15) is 5.56 Å². The number of benzene rings is 2. The fraction of sp³-hybridized carbons (Fsp3) is 0.200. The number of amides is 2. The third-order valence-electron chi connectivity index (χ3n) is 4.06. The molecule has 0 unspecified atom stereocenters. The molecule has 2 aromatic carbocycles. The standard InChI is InChI=1S/C20H20FN5O2S/c1-13-7-9-14(10-8-13)22-17(27)11-26(2)18(28)12-29-20-23-19(24-25-20)15-5-3-4-6-16(15)21/h3-10H,11-12H2,1-2H3,(H,22,27)(H,23,24,25). The van der Waals surface area contributed by atoms with E-state index in [1.807, 2.05) is 19.1 Å². The Kier molecular flexibility index (Phi) is 6.61. The normalized spacial score (nSPS) is 10.6. The van der Waals surface area contributed by atoms with E-state index in [9.17, 15) is 14.0 Å². The lowest BCUT2D eigenvalue weighted by Crippen LogP contribution is -2.35. The zero-order chi connectivity index (χ0) is 20.8. The molecule has 0 aliphatic carbocycles. The van der Waals surface area contributed by atoms with Gasteiger partial charge in [0.05, 0.1) is 17.9 Å². The highest BCUT2D eigenvalue weighted by atomic mass is 32.2. The van der Waals surface area contributed by atoms with E-state index in [1.54, 1.807) is 37.4 Å². The fourth-order valence-corrected chi connectivity index (χ4v) is 3.20. The van der Waals surface area contributed by atoms with Crippen LogP contribution in [0.5, 0.6) is 0 Å². The van der Waals surface area contributed by atoms with Crippen molar-refractivity contribution in [2.45, 2.75) is 12.1 Å². The quantitative estimate of drug-likeness (QED) is 0.581. The van der Waals surface area contributed by atoms with Crippen molar-refractivity contribution in [1.82, 2.24) is 20.1 Å². The van der Waals surface area contributed by atoms with Crippen molar-refractivity contribution in [2.24, 2.45) is 0 Å². The van der Waals surface area contributed by atoms with Crippen LogP contribution in [0, 0.1) is 12.7 Å². The summed E-state index contributed by atoms with van der Waals surface area (Å²) in [7, 11) is 1.56. The smallest absolute Gasteiger partial charge is 0.243 e. The Morgan fingerprint density at radius 1 is 1.17 bits per heavy atom. The van der Waals surface area contributed by atoms with Crippen LogP contribution in [0.15, 0.2) is 53.7 Å². The van der Waals surface area contributed by atoms with Gasteiger partial charge in [-0.1, -0.05) is 41.6 Å². The molecule has 0 atom stereocenters. The fourth-order valence-electron chi connectivity index (χ4n) is 2.46. The van der Waals surface area contributed by atoms with Crippen molar-refractivity contribution < 1.29 is 14.0 Å². The molecular formula is C20H20FN5O2S. The van der Waals surface area contributed by atoms with Crippen LogP contribution in [0.4, 0.5) is 10.1 Å². The summed E-state index contributed by atoms with van der Waals surface area (Å²) in [5.74, 6) is -0.580. The number of hydrogen-bond acceptors (Lipinski definition) is 5. The Bertz CT molecular complexity index is 1010. The monoisotopic (exact) mass is 413 g/mol. The maximum absolute atomic E-state index is 13.8. The zero-order valence-electron chi connectivity index (χ0n) is 16.0. The van der Waals surface area contributed by atoms with Crippen LogP contribution in [-0.2, 0) is 9.59 Å². The maximum atomic E-state index is 13.8. The lowest BCUT2D eigenvalue weighted by Gasteiger charge is -2.16. The minimum Gasteiger partial charge on any atom is -0.336 e. The van der Waals surface area contributed by atoms with E-state index < -0.39 is 5.82 Å². The second kappa shape index (κ2) is 9.33. The maximum Gasteiger partial charge on any atom is 0.243 e. The van der Waals surface area contributed by atoms with E-state index in [0.29, 0.717) is 22.2 Å². The van der Waals surface area contributed by atoms with Gasteiger partial charge in [0.15, 0.2) is 5.82 Å². The number of carbonyl (C=O) groups is 2. The first kappa shape index (κ1) is 20.5. The molecular weight excluding hydrogens is 393 g/mol. The van der Waals surface area contributed by atoms with Gasteiger partial charge in [0.25, 0.3) is 0 Å². The molecule has 7 nitrogen and oxygen atoms in total. The summed E-state index contributed by atoms with van der Waals surface area (Å²) in [4.78, 5) is 29.9. The van der Waals surface area contributed by atoms with Gasteiger partial charge in [-0.05, 0) is 31.2 Å². The number of thioether (sulfide) groups is 1. The molecule has 150 valence electrons. The Morgan fingerprint density at radius 2 is 1.90 bits per heavy atom. The van der Waals surface area contributed by atoms with E-state index >= 15 is 0 Å². The molecule has 3 aromatic rings. The largest absolute Gasteiger partial charge is 0.336 e. The number of hydrogen-bond donors (Lipinski definition) is 2. The second-order valence-electron chi connectivity index (χ2n) is 6.40. The van der Waals surface area contributed by atoms with E-state index in [2.05, 4.69) is 20.5 Å². The molecule has 0 aliphatic rings. The Balaban J connectivity index is 1.49. The van der Waals surface area contributed by atoms with E-state index in [1.165, 1.54) is 11.0 Å². The number of nitrogens with zero attached hydrogens (tertiary/aromatic N) is 3. The molecule has 9 heteroatoms. The van der Waals surface area contributed by atoms with Gasteiger partial charge in [-0.15, -0.1) is 5.10 Å². The number of rotatable bonds is 7. The number of nitrogens with one attached hydrogen (secondary N) is 2. The molecule has 3 rings (SSSR count). The average molecular weight is 413 g/mol. The van der Waals surface area contributed by atoms with Crippen molar-refractivity contribution in [1.29, 1.82) is 0 Å². The number of aryl methyl sites for hydroxylation is 1. The molecule has 1 heterocycles. The highest BCUT2D eigenvalue weighted by molar-refractivity contribution is 7.99. The van der Waals surface area contributed by atoms with Crippen LogP contribution in [0.25, 0.3) is 11.4 Å². The van der Waals surface area contributed by atoms with Crippen LogP contribution < -0.4 is 5.32 Å². The van der Waals surface area contributed by atoms with Crippen LogP contribution in [-0.4, -0.2) is 51.2 Å². The first-order valence-corrected chi connectivity index (χ1v) is 9.81. The first-order valence-electron chi connectivity index (χ1n) is 8.83. The van der Waals surface area contributed by atoms with Crippen molar-refractivity contribution in [3.8, 4) is 11.4 Å². The van der Waals surface area contributed by atoms with Crippen LogP contribution in [0.3, 0.4) is 0 Å². The molecule has 1 aromatic heterocycles. The van der Waals surface area contributed by atoms with Gasteiger partial charge in [-0.2, -0.15) is 0 Å². The molecule has 29 heavy (non-hydrogen) atoms. The van der Waals surface area contributed by atoms with Crippen LogP contribution >= 0.6 is 11.8 Å². The van der Waals surface area contributed by atoms with Gasteiger partial charge in [0.2, 0.25) is 17.0 Å². The van der Waals surface area contributed by atoms with Crippen molar-refractivity contribution in [2.75, 3.05) is 24.7 Å². The summed E-state index contributed by atoms with van der Waals surface area (Å²) in [5.41, 5.74) is 2.08. The summed E-state index contributed by atoms with van der Waals surface area (Å²) in [6, 6.07) is 13.6. The molecule has 2 N–H and O–H groups in total. The van der Waals surface area contributed by atoms with Gasteiger partial charge >= 0.3 is 0 Å². The topological polar surface area (TPSA) is 91.0 Å². The van der Waals surface area contributed by atoms with Gasteiger partial charge in [0, 0.05) is 12.7 Å². The molecule has 0 radical (unpaired) electrons. The van der Waals surface area contributed by atoms with Crippen molar-refractivity contribution in [3.63, 3.8) is 0 Å². The molecule has 2 amide bonds. The number of carbonyl (C=O) groups excluding carboxylic acids is 2. The van der Waals surface area contributed by atoms with Gasteiger partial charge in [-0.3, -0.25) is 14.7 Å². The number of aromatic amines is 1. The summed E-state index contributed by atoms with van der Waals surface area (Å²) in [6.45, 7) is 1.89. The van der Waals surface area contributed by atoms with Crippen molar-refractivity contribution in [3.05, 3.63) is 59.9 Å². The molecule has 0 spiro atoms. The lowest BCUT2D eigenvalue weighted by atomic mass is 10.2. The molecule has 0 bridgehead atoms. The zero-order valence-corrected chi connectivity index (χ0v) is 16.8. The SMILES string of the molecule is Cc1ccc(NC(=O)CN(C)C(=O)CSc2n[nH]c(-c3ccccc3F)n2)cc1. The summed E-state index contributed by atoms with van der Waals surface area (Å²) in [6.07, 6.45) is 0. The Labute approximate surface area is 171 Å². The first-order chi connectivity index (χ1) is 13.9. The summed E-state index contributed by atoms with van der Waals surface area (Å²) in [5, 5.41) is 9.75.